The second-order valence-corrected chi connectivity index (χ2v) is 8.88. The van der Waals surface area contributed by atoms with Crippen molar-refractivity contribution in [3.8, 4) is 0 Å². The van der Waals surface area contributed by atoms with Gasteiger partial charge in [-0.15, -0.1) is 0 Å². The van der Waals surface area contributed by atoms with Gasteiger partial charge >= 0.3 is 0 Å². The lowest BCUT2D eigenvalue weighted by molar-refractivity contribution is -0.129. The van der Waals surface area contributed by atoms with Crippen molar-refractivity contribution in [1.29, 1.82) is 0 Å². The largest absolute Gasteiger partial charge is 0.467 e. The van der Waals surface area contributed by atoms with E-state index in [-0.39, 0.29) is 49.5 Å². The normalized spacial score (nSPS) is 17.6. The van der Waals surface area contributed by atoms with Crippen molar-refractivity contribution in [2.45, 2.75) is 12.6 Å². The molecule has 0 saturated carbocycles. The van der Waals surface area contributed by atoms with Gasteiger partial charge in [0.25, 0.3) is 0 Å². The van der Waals surface area contributed by atoms with Gasteiger partial charge in [0, 0.05) is 13.1 Å². The summed E-state index contributed by atoms with van der Waals surface area (Å²) in [5.74, 6) is -0.00618. The van der Waals surface area contributed by atoms with E-state index in [4.69, 9.17) is 4.42 Å². The Morgan fingerprint density at radius 3 is 2.39 bits per heavy atom. The SMILES string of the molecule is O=C(CNC(=O)C(c1ccccc1)N1CCS(=O)(=O)CC1)NCc1ccco1. The summed E-state index contributed by atoms with van der Waals surface area (Å²) in [7, 11) is -3.06. The third kappa shape index (κ3) is 5.43. The molecule has 2 heterocycles. The van der Waals surface area contributed by atoms with Gasteiger partial charge in [0.1, 0.15) is 11.8 Å². The molecule has 150 valence electrons. The molecule has 2 N–H and O–H groups in total. The summed E-state index contributed by atoms with van der Waals surface area (Å²) >= 11 is 0. The smallest absolute Gasteiger partial charge is 0.242 e. The fourth-order valence-corrected chi connectivity index (χ4v) is 4.30. The number of furan rings is 1. The van der Waals surface area contributed by atoms with Crippen LogP contribution in [0.3, 0.4) is 0 Å². The van der Waals surface area contributed by atoms with E-state index in [1.54, 1.807) is 12.1 Å². The number of carbonyl (C=O) groups excluding carboxylic acids is 2. The van der Waals surface area contributed by atoms with E-state index in [0.29, 0.717) is 5.76 Å². The molecule has 2 aromatic rings. The van der Waals surface area contributed by atoms with Crippen LogP contribution < -0.4 is 10.6 Å². The Labute approximate surface area is 163 Å². The Bertz CT molecular complexity index is 883. The summed E-state index contributed by atoms with van der Waals surface area (Å²) in [5.41, 5.74) is 0.760. The number of nitrogens with zero attached hydrogens (tertiary/aromatic N) is 1. The number of hydrogen-bond acceptors (Lipinski definition) is 6. The number of carbonyl (C=O) groups is 2. The quantitative estimate of drug-likeness (QED) is 0.694. The predicted octanol–water partition coefficient (Wildman–Crippen LogP) is 0.484. The molecular formula is C19H23N3O5S. The van der Waals surface area contributed by atoms with Gasteiger partial charge in [0.05, 0.1) is 30.9 Å². The number of amides is 2. The Kier molecular flexibility index (Phi) is 6.48. The molecule has 28 heavy (non-hydrogen) atoms. The summed E-state index contributed by atoms with van der Waals surface area (Å²) in [5, 5.41) is 5.33. The minimum absolute atomic E-state index is 0.0211. The predicted molar refractivity (Wildman–Crippen MR) is 103 cm³/mol. The Hall–Kier alpha value is -2.65. The zero-order valence-electron chi connectivity index (χ0n) is 15.3. The van der Waals surface area contributed by atoms with Crippen molar-refractivity contribution in [3.63, 3.8) is 0 Å². The lowest BCUT2D eigenvalue weighted by atomic mass is 10.0. The number of hydrogen-bond donors (Lipinski definition) is 2. The first-order chi connectivity index (χ1) is 13.4. The Morgan fingerprint density at radius 1 is 1.04 bits per heavy atom. The second kappa shape index (κ2) is 9.03. The molecule has 1 aliphatic rings. The van der Waals surface area contributed by atoms with Crippen LogP contribution in [0.4, 0.5) is 0 Å². The molecular weight excluding hydrogens is 382 g/mol. The highest BCUT2D eigenvalue weighted by Crippen LogP contribution is 2.23. The van der Waals surface area contributed by atoms with Crippen molar-refractivity contribution in [2.24, 2.45) is 0 Å². The van der Waals surface area contributed by atoms with E-state index in [1.165, 1.54) is 6.26 Å². The van der Waals surface area contributed by atoms with E-state index in [0.717, 1.165) is 5.56 Å². The Morgan fingerprint density at radius 2 is 1.75 bits per heavy atom. The van der Waals surface area contributed by atoms with E-state index < -0.39 is 15.9 Å². The maximum Gasteiger partial charge on any atom is 0.242 e. The molecule has 2 amide bonds. The summed E-state index contributed by atoms with van der Waals surface area (Å²) < 4.78 is 28.6. The van der Waals surface area contributed by atoms with Gasteiger partial charge in [-0.05, 0) is 17.7 Å². The van der Waals surface area contributed by atoms with Gasteiger partial charge in [-0.3, -0.25) is 14.5 Å². The van der Waals surface area contributed by atoms with Gasteiger partial charge < -0.3 is 15.1 Å². The molecule has 1 fully saturated rings. The molecule has 1 aliphatic heterocycles. The van der Waals surface area contributed by atoms with Crippen LogP contribution in [0.5, 0.6) is 0 Å². The van der Waals surface area contributed by atoms with Crippen LogP contribution in [0.2, 0.25) is 0 Å². The number of benzene rings is 1. The minimum Gasteiger partial charge on any atom is -0.467 e. The lowest BCUT2D eigenvalue weighted by Crippen LogP contribution is -2.48. The molecule has 1 saturated heterocycles. The monoisotopic (exact) mass is 405 g/mol. The van der Waals surface area contributed by atoms with E-state index in [9.17, 15) is 18.0 Å². The highest BCUT2D eigenvalue weighted by Gasteiger charge is 2.32. The van der Waals surface area contributed by atoms with Crippen LogP contribution in [0.25, 0.3) is 0 Å². The standard InChI is InChI=1S/C19H23N3O5S/c23-17(20-13-16-7-4-10-27-16)14-21-19(24)18(15-5-2-1-3-6-15)22-8-11-28(25,26)12-9-22/h1-7,10,18H,8-9,11-14H2,(H,20,23)(H,21,24). The average molecular weight is 405 g/mol. The highest BCUT2D eigenvalue weighted by molar-refractivity contribution is 7.91. The van der Waals surface area contributed by atoms with Crippen LogP contribution >= 0.6 is 0 Å². The van der Waals surface area contributed by atoms with Gasteiger partial charge in [0.15, 0.2) is 9.84 Å². The van der Waals surface area contributed by atoms with Gasteiger partial charge in [0.2, 0.25) is 11.8 Å². The first-order valence-corrected chi connectivity index (χ1v) is 10.8. The summed E-state index contributed by atoms with van der Waals surface area (Å²) in [4.78, 5) is 26.7. The molecule has 1 aromatic heterocycles. The van der Waals surface area contributed by atoms with Gasteiger partial charge in [-0.2, -0.15) is 0 Å². The summed E-state index contributed by atoms with van der Waals surface area (Å²) in [6, 6.07) is 12.0. The molecule has 8 nitrogen and oxygen atoms in total. The third-order valence-electron chi connectivity index (χ3n) is 4.57. The molecule has 1 unspecified atom stereocenters. The molecule has 0 bridgehead atoms. The lowest BCUT2D eigenvalue weighted by Gasteiger charge is -2.33. The van der Waals surface area contributed by atoms with Crippen molar-refractivity contribution in [1.82, 2.24) is 15.5 Å². The fraction of sp³-hybridized carbons (Fsp3) is 0.368. The molecule has 9 heteroatoms. The average Bonchev–Trinajstić information content (AvgIpc) is 3.21. The van der Waals surface area contributed by atoms with Crippen LogP contribution in [0.1, 0.15) is 17.4 Å². The highest BCUT2D eigenvalue weighted by atomic mass is 32.2. The van der Waals surface area contributed by atoms with Crippen molar-refractivity contribution in [3.05, 3.63) is 60.1 Å². The number of rotatable bonds is 7. The van der Waals surface area contributed by atoms with Crippen LogP contribution in [-0.4, -0.2) is 56.3 Å². The number of nitrogens with one attached hydrogen (secondary N) is 2. The first-order valence-electron chi connectivity index (χ1n) is 9.01. The molecule has 1 aromatic carbocycles. The fourth-order valence-electron chi connectivity index (χ4n) is 3.07. The van der Waals surface area contributed by atoms with Crippen molar-refractivity contribution >= 4 is 21.7 Å². The van der Waals surface area contributed by atoms with Crippen molar-refractivity contribution in [2.75, 3.05) is 31.1 Å². The van der Waals surface area contributed by atoms with Gasteiger partial charge in [-0.25, -0.2) is 8.42 Å². The van der Waals surface area contributed by atoms with E-state index in [1.807, 2.05) is 35.2 Å². The Balaban J connectivity index is 1.61. The van der Waals surface area contributed by atoms with Crippen LogP contribution in [0, 0.1) is 0 Å². The zero-order valence-corrected chi connectivity index (χ0v) is 16.2. The second-order valence-electron chi connectivity index (χ2n) is 6.57. The molecule has 0 radical (unpaired) electrons. The maximum absolute atomic E-state index is 12.8. The maximum atomic E-state index is 12.8. The molecule has 1 atom stereocenters. The van der Waals surface area contributed by atoms with Gasteiger partial charge in [-0.1, -0.05) is 30.3 Å². The van der Waals surface area contributed by atoms with E-state index >= 15 is 0 Å². The van der Waals surface area contributed by atoms with Crippen LogP contribution in [0.15, 0.2) is 53.1 Å². The topological polar surface area (TPSA) is 109 Å². The number of sulfone groups is 1. The summed E-state index contributed by atoms with van der Waals surface area (Å²) in [6.45, 7) is 0.628. The summed E-state index contributed by atoms with van der Waals surface area (Å²) in [6.07, 6.45) is 1.52. The van der Waals surface area contributed by atoms with Crippen LogP contribution in [-0.2, 0) is 26.0 Å². The molecule has 0 spiro atoms. The molecule has 0 aliphatic carbocycles. The molecule has 3 rings (SSSR count). The minimum atomic E-state index is -3.06. The van der Waals surface area contributed by atoms with Crippen molar-refractivity contribution < 1.29 is 22.4 Å². The van der Waals surface area contributed by atoms with E-state index in [2.05, 4.69) is 10.6 Å². The zero-order chi connectivity index (χ0) is 20.0. The first kappa shape index (κ1) is 20.1. The third-order valence-corrected chi connectivity index (χ3v) is 6.18.